The number of phenols is 1. The first-order valence-electron chi connectivity index (χ1n) is 3.11. The van der Waals surface area contributed by atoms with Crippen molar-refractivity contribution in [2.45, 2.75) is 6.61 Å². The van der Waals surface area contributed by atoms with Crippen LogP contribution in [-0.2, 0) is 11.4 Å². The number of aliphatic hydroxyl groups is 1. The molecule has 0 saturated heterocycles. The lowest BCUT2D eigenvalue weighted by atomic mass is 10.2. The molecular formula is C8H9ClO3. The zero-order chi connectivity index (χ0) is 9.56. The van der Waals surface area contributed by atoms with Crippen molar-refractivity contribution in [1.29, 1.82) is 0 Å². The lowest BCUT2D eigenvalue weighted by Gasteiger charge is -1.97. The van der Waals surface area contributed by atoms with Gasteiger partial charge in [0.1, 0.15) is 12.5 Å². The van der Waals surface area contributed by atoms with Gasteiger partial charge < -0.3 is 15.0 Å². The van der Waals surface area contributed by atoms with E-state index in [9.17, 15) is 0 Å². The summed E-state index contributed by atoms with van der Waals surface area (Å²) in [6, 6.07) is 4.63. The number of rotatable bonds is 1. The first-order valence-corrected chi connectivity index (χ1v) is 3.49. The minimum Gasteiger partial charge on any atom is -0.506 e. The maximum absolute atomic E-state index is 8.99. The summed E-state index contributed by atoms with van der Waals surface area (Å²) in [7, 11) is 0. The van der Waals surface area contributed by atoms with E-state index in [2.05, 4.69) is 0 Å². The predicted octanol–water partition coefficient (Wildman–Crippen LogP) is 1.35. The van der Waals surface area contributed by atoms with Crippen LogP contribution in [0.3, 0.4) is 0 Å². The molecule has 0 fully saturated rings. The molecule has 0 unspecified atom stereocenters. The van der Waals surface area contributed by atoms with Gasteiger partial charge in [-0.05, 0) is 17.7 Å². The highest BCUT2D eigenvalue weighted by Crippen LogP contribution is 2.23. The monoisotopic (exact) mass is 188 g/mol. The van der Waals surface area contributed by atoms with Gasteiger partial charge in [0.25, 0.3) is 0 Å². The van der Waals surface area contributed by atoms with Crippen LogP contribution < -0.4 is 0 Å². The highest BCUT2D eigenvalue weighted by molar-refractivity contribution is 6.31. The van der Waals surface area contributed by atoms with Crippen LogP contribution in [0.25, 0.3) is 0 Å². The lowest BCUT2D eigenvalue weighted by molar-refractivity contribution is -0.0979. The number of carbonyl (C=O) groups excluding carboxylic acids is 1. The first-order chi connectivity index (χ1) is 5.74. The Morgan fingerprint density at radius 3 is 2.42 bits per heavy atom. The fraction of sp³-hybridized carbons (Fsp3) is 0.125. The SMILES string of the molecule is C=O.OCc1ccc(Cl)c(O)c1. The van der Waals surface area contributed by atoms with Crippen molar-refractivity contribution >= 4 is 18.4 Å². The minimum absolute atomic E-state index is 0.00761. The van der Waals surface area contributed by atoms with Crippen LogP contribution in [-0.4, -0.2) is 17.0 Å². The van der Waals surface area contributed by atoms with E-state index >= 15 is 0 Å². The molecule has 3 nitrogen and oxygen atoms in total. The highest BCUT2D eigenvalue weighted by Gasteiger charge is 1.97. The van der Waals surface area contributed by atoms with Gasteiger partial charge in [-0.25, -0.2) is 0 Å². The molecule has 0 aromatic heterocycles. The normalized spacial score (nSPS) is 8.50. The van der Waals surface area contributed by atoms with E-state index in [4.69, 9.17) is 26.6 Å². The number of carbonyl (C=O) groups is 1. The number of phenolic OH excluding ortho intramolecular Hbond substituents is 1. The van der Waals surface area contributed by atoms with Crippen molar-refractivity contribution < 1.29 is 15.0 Å². The molecule has 0 aliphatic rings. The summed E-state index contributed by atoms with van der Waals surface area (Å²) in [5, 5.41) is 17.9. The van der Waals surface area contributed by atoms with Crippen molar-refractivity contribution in [2.24, 2.45) is 0 Å². The standard InChI is InChI=1S/C7H7ClO2.CH2O/c8-6-2-1-5(4-9)3-7(6)10;1-2/h1-3,9-10H,4H2;1H2. The second kappa shape index (κ2) is 5.57. The van der Waals surface area contributed by atoms with Crippen LogP contribution >= 0.6 is 11.6 Å². The molecule has 0 amide bonds. The van der Waals surface area contributed by atoms with Crippen molar-refractivity contribution in [2.75, 3.05) is 0 Å². The van der Waals surface area contributed by atoms with Crippen LogP contribution in [0.5, 0.6) is 5.75 Å². The number of benzene rings is 1. The molecule has 0 heterocycles. The Kier molecular flexibility index (Phi) is 5.08. The number of aromatic hydroxyl groups is 1. The summed E-state index contributed by atoms with van der Waals surface area (Å²) in [4.78, 5) is 8.00. The average molecular weight is 189 g/mol. The van der Waals surface area contributed by atoms with Crippen molar-refractivity contribution in [3.63, 3.8) is 0 Å². The number of halogens is 1. The third-order valence-corrected chi connectivity index (χ3v) is 1.51. The highest BCUT2D eigenvalue weighted by atomic mass is 35.5. The molecule has 0 radical (unpaired) electrons. The van der Waals surface area contributed by atoms with Gasteiger partial charge in [-0.1, -0.05) is 17.7 Å². The molecule has 4 heteroatoms. The van der Waals surface area contributed by atoms with Crippen LogP contribution in [0.4, 0.5) is 0 Å². The summed E-state index contributed by atoms with van der Waals surface area (Å²) in [5.74, 6) is 0.00761. The Morgan fingerprint density at radius 2 is 2.00 bits per heavy atom. The van der Waals surface area contributed by atoms with Crippen LogP contribution in [0, 0.1) is 0 Å². The van der Waals surface area contributed by atoms with E-state index < -0.39 is 0 Å². The van der Waals surface area contributed by atoms with Gasteiger partial charge >= 0.3 is 0 Å². The van der Waals surface area contributed by atoms with E-state index in [1.54, 1.807) is 12.1 Å². The van der Waals surface area contributed by atoms with Gasteiger partial charge in [-0.3, -0.25) is 0 Å². The quantitative estimate of drug-likeness (QED) is 0.700. The number of hydrogen-bond acceptors (Lipinski definition) is 3. The third-order valence-electron chi connectivity index (χ3n) is 1.19. The van der Waals surface area contributed by atoms with E-state index in [1.807, 2.05) is 6.79 Å². The molecule has 2 N–H and O–H groups in total. The molecule has 0 bridgehead atoms. The van der Waals surface area contributed by atoms with Crippen LogP contribution in [0.1, 0.15) is 5.56 Å². The Balaban J connectivity index is 0.000000561. The Morgan fingerprint density at radius 1 is 1.42 bits per heavy atom. The van der Waals surface area contributed by atoms with Crippen LogP contribution in [0.15, 0.2) is 18.2 Å². The van der Waals surface area contributed by atoms with Gasteiger partial charge in [-0.15, -0.1) is 0 Å². The molecule has 1 aromatic rings. The molecule has 1 rings (SSSR count). The van der Waals surface area contributed by atoms with Gasteiger partial charge in [0.05, 0.1) is 11.6 Å². The second-order valence-corrected chi connectivity index (χ2v) is 2.35. The molecular weight excluding hydrogens is 180 g/mol. The van der Waals surface area contributed by atoms with Crippen molar-refractivity contribution in [1.82, 2.24) is 0 Å². The molecule has 0 saturated carbocycles. The molecule has 0 aliphatic heterocycles. The topological polar surface area (TPSA) is 57.5 Å². The summed E-state index contributed by atoms with van der Waals surface area (Å²) in [6.07, 6.45) is 0. The smallest absolute Gasteiger partial charge is 0.134 e. The Hall–Kier alpha value is -1.06. The summed E-state index contributed by atoms with van der Waals surface area (Å²) < 4.78 is 0. The Bertz CT molecular complexity index is 250. The maximum atomic E-state index is 8.99. The fourth-order valence-corrected chi connectivity index (χ4v) is 0.774. The molecule has 0 aliphatic carbocycles. The number of hydrogen-bond donors (Lipinski definition) is 2. The van der Waals surface area contributed by atoms with Gasteiger partial charge in [0, 0.05) is 0 Å². The van der Waals surface area contributed by atoms with Crippen molar-refractivity contribution in [3.8, 4) is 5.75 Å². The molecule has 1 aromatic carbocycles. The average Bonchev–Trinajstić information content (AvgIpc) is 2.13. The lowest BCUT2D eigenvalue weighted by Crippen LogP contribution is -1.80. The zero-order valence-electron chi connectivity index (χ0n) is 6.33. The second-order valence-electron chi connectivity index (χ2n) is 1.94. The van der Waals surface area contributed by atoms with E-state index in [1.165, 1.54) is 6.07 Å². The largest absolute Gasteiger partial charge is 0.506 e. The Labute approximate surface area is 75.2 Å². The summed E-state index contributed by atoms with van der Waals surface area (Å²) in [5.41, 5.74) is 0.655. The zero-order valence-corrected chi connectivity index (χ0v) is 7.08. The first kappa shape index (κ1) is 10.9. The maximum Gasteiger partial charge on any atom is 0.134 e. The van der Waals surface area contributed by atoms with E-state index in [0.717, 1.165) is 0 Å². The van der Waals surface area contributed by atoms with E-state index in [-0.39, 0.29) is 12.4 Å². The van der Waals surface area contributed by atoms with Crippen LogP contribution in [0.2, 0.25) is 5.02 Å². The minimum atomic E-state index is -0.0786. The van der Waals surface area contributed by atoms with Gasteiger partial charge in [0.15, 0.2) is 0 Å². The number of aliphatic hydroxyl groups excluding tert-OH is 1. The molecule has 0 atom stereocenters. The summed E-state index contributed by atoms with van der Waals surface area (Å²) >= 11 is 5.51. The van der Waals surface area contributed by atoms with Gasteiger partial charge in [-0.2, -0.15) is 0 Å². The fourth-order valence-electron chi connectivity index (χ4n) is 0.657. The predicted molar refractivity (Wildman–Crippen MR) is 46.2 cm³/mol. The summed E-state index contributed by atoms with van der Waals surface area (Å²) in [6.45, 7) is 1.92. The van der Waals surface area contributed by atoms with E-state index in [0.29, 0.717) is 10.6 Å². The molecule has 0 spiro atoms. The van der Waals surface area contributed by atoms with Gasteiger partial charge in [0.2, 0.25) is 0 Å². The van der Waals surface area contributed by atoms with Crippen molar-refractivity contribution in [3.05, 3.63) is 28.8 Å². The molecule has 66 valence electrons. The molecule has 12 heavy (non-hydrogen) atoms. The third kappa shape index (κ3) is 2.90.